The predicted molar refractivity (Wildman–Crippen MR) is 108 cm³/mol. The largest absolute Gasteiger partial charge is 0.327 e. The van der Waals surface area contributed by atoms with E-state index in [-0.39, 0.29) is 0 Å². The van der Waals surface area contributed by atoms with E-state index in [1.54, 1.807) is 0 Å². The highest BCUT2D eigenvalue weighted by Gasteiger charge is 2.27. The van der Waals surface area contributed by atoms with Gasteiger partial charge in [0, 0.05) is 37.5 Å². The van der Waals surface area contributed by atoms with Crippen molar-refractivity contribution in [2.75, 3.05) is 13.1 Å². The first kappa shape index (κ1) is 15.4. The molecule has 0 saturated heterocycles. The molecule has 1 fully saturated rings. The van der Waals surface area contributed by atoms with E-state index in [9.17, 15) is 0 Å². The summed E-state index contributed by atoms with van der Waals surface area (Å²) in [6.07, 6.45) is 7.09. The second-order valence-corrected chi connectivity index (χ2v) is 7.93. The molecule has 0 atom stereocenters. The maximum absolute atomic E-state index is 5.01. The van der Waals surface area contributed by atoms with Crippen LogP contribution in [0.25, 0.3) is 33.1 Å². The molecule has 0 spiro atoms. The molecular formula is C22H23N5. The fourth-order valence-corrected chi connectivity index (χ4v) is 4.62. The van der Waals surface area contributed by atoms with Crippen molar-refractivity contribution in [1.29, 1.82) is 0 Å². The molecule has 1 N–H and O–H groups in total. The zero-order chi connectivity index (χ0) is 17.8. The first-order chi connectivity index (χ1) is 13.3. The molecule has 5 heteroatoms. The molecule has 136 valence electrons. The highest BCUT2D eigenvalue weighted by molar-refractivity contribution is 5.87. The van der Waals surface area contributed by atoms with E-state index in [0.717, 1.165) is 48.5 Å². The molecule has 3 heterocycles. The zero-order valence-electron chi connectivity index (χ0n) is 15.4. The number of nitrogens with zero attached hydrogens (tertiary/aromatic N) is 4. The maximum Gasteiger partial charge on any atom is 0.111 e. The fraction of sp³-hybridized carbons (Fsp3) is 0.364. The number of H-pyrrole nitrogens is 1. The maximum atomic E-state index is 5.01. The topological polar surface area (TPSA) is 49.7 Å². The smallest absolute Gasteiger partial charge is 0.111 e. The van der Waals surface area contributed by atoms with Crippen molar-refractivity contribution in [3.8, 4) is 11.1 Å². The van der Waals surface area contributed by atoms with Gasteiger partial charge in [0.1, 0.15) is 5.82 Å². The van der Waals surface area contributed by atoms with Gasteiger partial charge in [0.25, 0.3) is 0 Å². The molecular weight excluding hydrogens is 334 g/mol. The second-order valence-electron chi connectivity index (χ2n) is 7.93. The summed E-state index contributed by atoms with van der Waals surface area (Å²) in [5, 5.41) is 8.33. The van der Waals surface area contributed by atoms with E-state index in [0.29, 0.717) is 0 Å². The summed E-state index contributed by atoms with van der Waals surface area (Å²) in [5.74, 6) is 1.24. The average molecular weight is 357 g/mol. The van der Waals surface area contributed by atoms with Crippen LogP contribution in [0.4, 0.5) is 0 Å². The van der Waals surface area contributed by atoms with Crippen LogP contribution in [0, 0.1) is 0 Å². The molecule has 2 aromatic heterocycles. The third kappa shape index (κ3) is 2.49. The van der Waals surface area contributed by atoms with E-state index >= 15 is 0 Å². The molecule has 4 aromatic rings. The minimum absolute atomic E-state index is 0.824. The molecule has 1 aliphatic heterocycles. The lowest BCUT2D eigenvalue weighted by molar-refractivity contribution is 0.130. The Morgan fingerprint density at radius 2 is 1.85 bits per heavy atom. The number of aromatic amines is 1. The first-order valence-electron chi connectivity index (χ1n) is 10.0. The second kappa shape index (κ2) is 5.92. The van der Waals surface area contributed by atoms with Crippen LogP contribution in [0.15, 0.2) is 42.6 Å². The summed E-state index contributed by atoms with van der Waals surface area (Å²) in [4.78, 5) is 7.68. The van der Waals surface area contributed by atoms with Crippen molar-refractivity contribution in [3.63, 3.8) is 0 Å². The number of nitrogens with one attached hydrogen (secondary N) is 1. The quantitative estimate of drug-likeness (QED) is 0.590. The number of rotatable bonds is 2. The lowest BCUT2D eigenvalue weighted by atomic mass is 9.91. The Balaban J connectivity index is 1.35. The SMILES string of the molecule is c1cc2c(cc1-c1ccc3cn[nH]c3c1)nc1n2CCN(C2CCC2)CC1. The van der Waals surface area contributed by atoms with Gasteiger partial charge in [0.2, 0.25) is 0 Å². The number of hydrogen-bond acceptors (Lipinski definition) is 3. The van der Waals surface area contributed by atoms with Gasteiger partial charge in [0.15, 0.2) is 0 Å². The van der Waals surface area contributed by atoms with Crippen LogP contribution in [-0.4, -0.2) is 43.8 Å². The van der Waals surface area contributed by atoms with Gasteiger partial charge in [-0.05, 0) is 42.2 Å². The molecule has 0 radical (unpaired) electrons. The van der Waals surface area contributed by atoms with E-state index in [2.05, 4.69) is 56.1 Å². The van der Waals surface area contributed by atoms with Crippen molar-refractivity contribution >= 4 is 21.9 Å². The van der Waals surface area contributed by atoms with Crippen LogP contribution in [-0.2, 0) is 13.0 Å². The number of imidazole rings is 1. The average Bonchev–Trinajstić information content (AvgIpc) is 3.20. The monoisotopic (exact) mass is 357 g/mol. The van der Waals surface area contributed by atoms with Gasteiger partial charge in [-0.2, -0.15) is 5.10 Å². The molecule has 6 rings (SSSR count). The summed E-state index contributed by atoms with van der Waals surface area (Å²) in [6, 6.07) is 14.0. The molecule has 0 bridgehead atoms. The summed E-state index contributed by atoms with van der Waals surface area (Å²) < 4.78 is 2.44. The van der Waals surface area contributed by atoms with Gasteiger partial charge in [-0.25, -0.2) is 4.98 Å². The number of fused-ring (bicyclic) bond motifs is 4. The number of hydrogen-bond donors (Lipinski definition) is 1. The van der Waals surface area contributed by atoms with E-state index in [4.69, 9.17) is 4.98 Å². The first-order valence-corrected chi connectivity index (χ1v) is 10.0. The molecule has 1 aliphatic carbocycles. The zero-order valence-corrected chi connectivity index (χ0v) is 15.4. The van der Waals surface area contributed by atoms with Crippen LogP contribution >= 0.6 is 0 Å². The minimum Gasteiger partial charge on any atom is -0.327 e. The highest BCUT2D eigenvalue weighted by Crippen LogP contribution is 2.30. The van der Waals surface area contributed by atoms with E-state index in [1.165, 1.54) is 41.7 Å². The third-order valence-electron chi connectivity index (χ3n) is 6.43. The lowest BCUT2D eigenvalue weighted by Gasteiger charge is -2.36. The Labute approximate surface area is 158 Å². The summed E-state index contributed by atoms with van der Waals surface area (Å²) in [6.45, 7) is 3.36. The summed E-state index contributed by atoms with van der Waals surface area (Å²) in [7, 11) is 0. The van der Waals surface area contributed by atoms with Gasteiger partial charge in [-0.1, -0.05) is 24.6 Å². The number of aromatic nitrogens is 4. The fourth-order valence-electron chi connectivity index (χ4n) is 4.62. The Morgan fingerprint density at radius 3 is 2.74 bits per heavy atom. The van der Waals surface area contributed by atoms with Crippen molar-refractivity contribution in [3.05, 3.63) is 48.4 Å². The van der Waals surface area contributed by atoms with Crippen molar-refractivity contribution < 1.29 is 0 Å². The molecule has 27 heavy (non-hydrogen) atoms. The predicted octanol–water partition coefficient (Wildman–Crippen LogP) is 3.99. The van der Waals surface area contributed by atoms with Crippen LogP contribution in [0.5, 0.6) is 0 Å². The molecule has 2 aliphatic rings. The van der Waals surface area contributed by atoms with Gasteiger partial charge >= 0.3 is 0 Å². The minimum atomic E-state index is 0.824. The Morgan fingerprint density at radius 1 is 0.963 bits per heavy atom. The Hall–Kier alpha value is -2.66. The van der Waals surface area contributed by atoms with Crippen LogP contribution < -0.4 is 0 Å². The van der Waals surface area contributed by atoms with Gasteiger partial charge in [-0.15, -0.1) is 0 Å². The normalized spacial score (nSPS) is 18.5. The molecule has 5 nitrogen and oxygen atoms in total. The van der Waals surface area contributed by atoms with Crippen molar-refractivity contribution in [2.24, 2.45) is 0 Å². The Bertz CT molecular complexity index is 1130. The lowest BCUT2D eigenvalue weighted by Crippen LogP contribution is -2.41. The van der Waals surface area contributed by atoms with Crippen LogP contribution in [0.2, 0.25) is 0 Å². The van der Waals surface area contributed by atoms with Gasteiger partial charge < -0.3 is 4.57 Å². The van der Waals surface area contributed by atoms with Crippen molar-refractivity contribution in [1.82, 2.24) is 24.6 Å². The standard InChI is InChI=1S/C22H23N5/c1-2-18(3-1)26-9-8-22-24-20-13-16(6-7-21(20)27(22)11-10-26)15-4-5-17-14-23-25-19(17)12-15/h4-7,12-14,18H,1-3,8-11H2,(H,23,25). The van der Waals surface area contributed by atoms with Gasteiger partial charge in [-0.3, -0.25) is 10.00 Å². The van der Waals surface area contributed by atoms with Crippen LogP contribution in [0.3, 0.4) is 0 Å². The van der Waals surface area contributed by atoms with Gasteiger partial charge in [0.05, 0.1) is 22.7 Å². The number of benzene rings is 2. The molecule has 1 saturated carbocycles. The molecule has 2 aromatic carbocycles. The molecule has 0 amide bonds. The Kier molecular flexibility index (Phi) is 3.38. The highest BCUT2D eigenvalue weighted by atomic mass is 15.2. The molecule has 0 unspecified atom stereocenters. The van der Waals surface area contributed by atoms with E-state index in [1.807, 2.05) is 6.20 Å². The third-order valence-corrected chi connectivity index (χ3v) is 6.43. The summed E-state index contributed by atoms with van der Waals surface area (Å²) >= 11 is 0. The van der Waals surface area contributed by atoms with Crippen molar-refractivity contribution in [2.45, 2.75) is 38.3 Å². The van der Waals surface area contributed by atoms with E-state index < -0.39 is 0 Å². The van der Waals surface area contributed by atoms with Crippen LogP contribution in [0.1, 0.15) is 25.1 Å². The summed E-state index contributed by atoms with van der Waals surface area (Å²) in [5.41, 5.74) is 5.87.